The third kappa shape index (κ3) is 6.06. The minimum atomic E-state index is -0.0629. The minimum absolute atomic E-state index is 0.0629. The van der Waals surface area contributed by atoms with E-state index in [0.29, 0.717) is 24.3 Å². The van der Waals surface area contributed by atoms with Crippen molar-refractivity contribution in [1.29, 1.82) is 0 Å². The molecule has 1 saturated heterocycles. The van der Waals surface area contributed by atoms with Crippen molar-refractivity contribution in [3.63, 3.8) is 0 Å². The number of carbonyl (C=O) groups is 2. The van der Waals surface area contributed by atoms with Crippen molar-refractivity contribution in [2.75, 3.05) is 32.7 Å². The fraction of sp³-hybridized carbons (Fsp3) is 0.400. The lowest BCUT2D eigenvalue weighted by atomic mass is 10.2. The molecule has 2 aromatic rings. The second-order valence-corrected chi connectivity index (χ2v) is 8.01. The maximum atomic E-state index is 12.4. The fourth-order valence-electron chi connectivity index (χ4n) is 3.14. The van der Waals surface area contributed by atoms with Crippen molar-refractivity contribution >= 4 is 34.8 Å². The maximum Gasteiger partial charge on any atom is 0.261 e. The summed E-state index contributed by atoms with van der Waals surface area (Å²) in [5, 5.41) is 5.50. The number of amides is 2. The molecule has 0 aliphatic carbocycles. The maximum absolute atomic E-state index is 12.4. The Morgan fingerprint density at radius 1 is 1.11 bits per heavy atom. The van der Waals surface area contributed by atoms with Gasteiger partial charge in [-0.2, -0.15) is 0 Å². The van der Waals surface area contributed by atoms with Gasteiger partial charge in [0.1, 0.15) is 0 Å². The highest BCUT2D eigenvalue weighted by molar-refractivity contribution is 7.12. The SMILES string of the molecule is O=C(NCCCC(=O)N1CCN(Cc2cccc(Cl)c2)CC1)c1cccs1. The molecule has 1 fully saturated rings. The summed E-state index contributed by atoms with van der Waals surface area (Å²) in [7, 11) is 0. The number of piperazine rings is 1. The molecule has 1 N–H and O–H groups in total. The number of rotatable bonds is 7. The molecule has 1 aromatic heterocycles. The van der Waals surface area contributed by atoms with Crippen LogP contribution in [0.4, 0.5) is 0 Å². The van der Waals surface area contributed by atoms with Crippen molar-refractivity contribution in [1.82, 2.24) is 15.1 Å². The Balaban J connectivity index is 1.33. The number of carbonyl (C=O) groups excluding carboxylic acids is 2. The molecule has 2 amide bonds. The summed E-state index contributed by atoms with van der Waals surface area (Å²) < 4.78 is 0. The predicted molar refractivity (Wildman–Crippen MR) is 109 cm³/mol. The Morgan fingerprint density at radius 3 is 2.63 bits per heavy atom. The first-order valence-electron chi connectivity index (χ1n) is 9.18. The van der Waals surface area contributed by atoms with E-state index in [0.717, 1.165) is 37.7 Å². The summed E-state index contributed by atoms with van der Waals surface area (Å²) in [5.74, 6) is 0.106. The Hall–Kier alpha value is -1.89. The Labute approximate surface area is 168 Å². The van der Waals surface area contributed by atoms with Crippen molar-refractivity contribution in [2.24, 2.45) is 0 Å². The number of thiophene rings is 1. The lowest BCUT2D eigenvalue weighted by Crippen LogP contribution is -2.48. The zero-order valence-corrected chi connectivity index (χ0v) is 16.8. The van der Waals surface area contributed by atoms with Gasteiger partial charge in [0, 0.05) is 50.7 Å². The van der Waals surface area contributed by atoms with Gasteiger partial charge in [0.15, 0.2) is 0 Å². The molecule has 1 aromatic carbocycles. The second kappa shape index (κ2) is 9.88. The van der Waals surface area contributed by atoms with Gasteiger partial charge >= 0.3 is 0 Å². The molecule has 144 valence electrons. The zero-order valence-electron chi connectivity index (χ0n) is 15.2. The number of hydrogen-bond acceptors (Lipinski definition) is 4. The lowest BCUT2D eigenvalue weighted by Gasteiger charge is -2.34. The molecular weight excluding hydrogens is 382 g/mol. The average molecular weight is 406 g/mol. The predicted octanol–water partition coefficient (Wildman–Crippen LogP) is 3.26. The van der Waals surface area contributed by atoms with Crippen molar-refractivity contribution < 1.29 is 9.59 Å². The standard InChI is InChI=1S/C20H24ClN3O2S/c21-17-5-1-4-16(14-17)15-23-9-11-24(12-10-23)19(25)7-2-8-22-20(26)18-6-3-13-27-18/h1,3-6,13-14H,2,7-12,15H2,(H,22,26). The van der Waals surface area contributed by atoms with Crippen LogP contribution in [0.15, 0.2) is 41.8 Å². The number of benzene rings is 1. The first-order valence-corrected chi connectivity index (χ1v) is 10.4. The third-order valence-electron chi connectivity index (χ3n) is 4.62. The van der Waals surface area contributed by atoms with Crippen molar-refractivity contribution in [3.05, 3.63) is 57.2 Å². The first-order chi connectivity index (χ1) is 13.1. The van der Waals surface area contributed by atoms with E-state index in [-0.39, 0.29) is 11.8 Å². The van der Waals surface area contributed by atoms with E-state index in [2.05, 4.69) is 16.3 Å². The molecule has 0 saturated carbocycles. The van der Waals surface area contributed by atoms with Crippen LogP contribution < -0.4 is 5.32 Å². The van der Waals surface area contributed by atoms with Crippen LogP contribution >= 0.6 is 22.9 Å². The van der Waals surface area contributed by atoms with Crippen molar-refractivity contribution in [3.8, 4) is 0 Å². The van der Waals surface area contributed by atoms with E-state index >= 15 is 0 Å². The van der Waals surface area contributed by atoms with Crippen molar-refractivity contribution in [2.45, 2.75) is 19.4 Å². The Bertz CT molecular complexity index is 758. The van der Waals surface area contributed by atoms with Gasteiger partial charge in [-0.1, -0.05) is 29.8 Å². The van der Waals surface area contributed by atoms with Crippen LogP contribution in [0.5, 0.6) is 0 Å². The molecular formula is C20H24ClN3O2S. The van der Waals surface area contributed by atoms with E-state index < -0.39 is 0 Å². The number of nitrogens with one attached hydrogen (secondary N) is 1. The summed E-state index contributed by atoms with van der Waals surface area (Å²) in [6.45, 7) is 4.62. The molecule has 1 aliphatic rings. The topological polar surface area (TPSA) is 52.7 Å². The molecule has 0 unspecified atom stereocenters. The fourth-order valence-corrected chi connectivity index (χ4v) is 4.00. The van der Waals surface area contributed by atoms with Crippen LogP contribution in [0.3, 0.4) is 0 Å². The van der Waals surface area contributed by atoms with E-state index in [9.17, 15) is 9.59 Å². The van der Waals surface area contributed by atoms with Gasteiger partial charge in [-0.3, -0.25) is 14.5 Å². The van der Waals surface area contributed by atoms with Gasteiger partial charge in [0.25, 0.3) is 5.91 Å². The van der Waals surface area contributed by atoms with Gasteiger partial charge < -0.3 is 10.2 Å². The van der Waals surface area contributed by atoms with E-state index in [1.165, 1.54) is 16.9 Å². The Kier molecular flexibility index (Phi) is 7.26. The first kappa shape index (κ1) is 19.9. The zero-order chi connectivity index (χ0) is 19.1. The van der Waals surface area contributed by atoms with Gasteiger partial charge in [-0.15, -0.1) is 11.3 Å². The van der Waals surface area contributed by atoms with Crippen LogP contribution in [0, 0.1) is 0 Å². The monoisotopic (exact) mass is 405 g/mol. The van der Waals surface area contributed by atoms with Gasteiger partial charge in [0.05, 0.1) is 4.88 Å². The molecule has 1 aliphatic heterocycles. The molecule has 0 atom stereocenters. The molecule has 7 heteroatoms. The molecule has 3 rings (SSSR count). The largest absolute Gasteiger partial charge is 0.351 e. The molecule has 2 heterocycles. The summed E-state index contributed by atoms with van der Waals surface area (Å²) in [6.07, 6.45) is 1.14. The highest BCUT2D eigenvalue weighted by atomic mass is 35.5. The van der Waals surface area contributed by atoms with Gasteiger partial charge in [-0.05, 0) is 35.6 Å². The number of hydrogen-bond donors (Lipinski definition) is 1. The summed E-state index contributed by atoms with van der Waals surface area (Å²) in [5.41, 5.74) is 1.20. The van der Waals surface area contributed by atoms with Crippen LogP contribution in [0.25, 0.3) is 0 Å². The van der Waals surface area contributed by atoms with Crippen LogP contribution in [0.1, 0.15) is 28.1 Å². The highest BCUT2D eigenvalue weighted by Gasteiger charge is 2.20. The van der Waals surface area contributed by atoms with Crippen LogP contribution in [-0.4, -0.2) is 54.3 Å². The number of halogens is 1. The van der Waals surface area contributed by atoms with Gasteiger partial charge in [-0.25, -0.2) is 0 Å². The second-order valence-electron chi connectivity index (χ2n) is 6.62. The smallest absolute Gasteiger partial charge is 0.261 e. The summed E-state index contributed by atoms with van der Waals surface area (Å²) in [6, 6.07) is 11.6. The molecule has 0 radical (unpaired) electrons. The molecule has 0 spiro atoms. The summed E-state index contributed by atoms with van der Waals surface area (Å²) in [4.78, 5) is 29.2. The van der Waals surface area contributed by atoms with Crippen LogP contribution in [0.2, 0.25) is 5.02 Å². The minimum Gasteiger partial charge on any atom is -0.351 e. The normalized spacial score (nSPS) is 14.9. The average Bonchev–Trinajstić information content (AvgIpc) is 3.20. The van der Waals surface area contributed by atoms with E-state index in [1.807, 2.05) is 34.5 Å². The summed E-state index contributed by atoms with van der Waals surface area (Å²) >= 11 is 7.46. The molecule has 0 bridgehead atoms. The van der Waals surface area contributed by atoms with E-state index in [4.69, 9.17) is 11.6 Å². The lowest BCUT2D eigenvalue weighted by molar-refractivity contribution is -0.133. The van der Waals surface area contributed by atoms with E-state index in [1.54, 1.807) is 6.07 Å². The molecule has 5 nitrogen and oxygen atoms in total. The Morgan fingerprint density at radius 2 is 1.93 bits per heavy atom. The third-order valence-corrected chi connectivity index (χ3v) is 5.72. The number of nitrogens with zero attached hydrogens (tertiary/aromatic N) is 2. The molecule has 27 heavy (non-hydrogen) atoms. The highest BCUT2D eigenvalue weighted by Crippen LogP contribution is 2.14. The van der Waals surface area contributed by atoms with Gasteiger partial charge in [0.2, 0.25) is 5.91 Å². The quantitative estimate of drug-likeness (QED) is 0.719. The van der Waals surface area contributed by atoms with Crippen LogP contribution in [-0.2, 0) is 11.3 Å².